The first-order chi connectivity index (χ1) is 9.08. The lowest BCUT2D eigenvalue weighted by Gasteiger charge is -2.32. The third-order valence-electron chi connectivity index (χ3n) is 4.15. The van der Waals surface area contributed by atoms with Gasteiger partial charge in [-0.3, -0.25) is 0 Å². The Balaban J connectivity index is 2.10. The molecular formula is C13H23N3O2S. The van der Waals surface area contributed by atoms with Crippen LogP contribution in [0.5, 0.6) is 0 Å². The topological polar surface area (TPSA) is 73.2 Å². The molecule has 0 amide bonds. The number of rotatable bonds is 3. The number of nitrogens with one attached hydrogen (secondary N) is 1. The molecule has 5 nitrogen and oxygen atoms in total. The molecule has 0 spiro atoms. The third kappa shape index (κ3) is 3.68. The molecule has 19 heavy (non-hydrogen) atoms. The van der Waals surface area contributed by atoms with E-state index in [-0.39, 0.29) is 0 Å². The van der Waals surface area contributed by atoms with E-state index in [0.717, 1.165) is 44.9 Å². The molecule has 1 N–H and O–H groups in total. The lowest BCUT2D eigenvalue weighted by molar-refractivity contribution is 0.326. The Kier molecular flexibility index (Phi) is 4.82. The van der Waals surface area contributed by atoms with Gasteiger partial charge in [0.05, 0.1) is 6.07 Å². The van der Waals surface area contributed by atoms with Gasteiger partial charge in [0.2, 0.25) is 0 Å². The lowest BCUT2D eigenvalue weighted by atomic mass is 9.94. The van der Waals surface area contributed by atoms with Crippen molar-refractivity contribution < 1.29 is 8.42 Å². The molecule has 2 aliphatic rings. The van der Waals surface area contributed by atoms with Crippen LogP contribution in [0.25, 0.3) is 0 Å². The highest BCUT2D eigenvalue weighted by Gasteiger charge is 2.37. The van der Waals surface area contributed by atoms with Crippen molar-refractivity contribution >= 4 is 10.2 Å². The summed E-state index contributed by atoms with van der Waals surface area (Å²) >= 11 is 0. The molecular weight excluding hydrogens is 262 g/mol. The fourth-order valence-corrected chi connectivity index (χ4v) is 4.60. The van der Waals surface area contributed by atoms with Crippen molar-refractivity contribution in [2.75, 3.05) is 13.1 Å². The quantitative estimate of drug-likeness (QED) is 0.805. The molecule has 0 aromatic carbocycles. The van der Waals surface area contributed by atoms with E-state index in [9.17, 15) is 13.7 Å². The minimum absolute atomic E-state index is 0.580. The molecule has 6 heteroatoms. The largest absolute Gasteiger partial charge is 0.280 e. The first-order valence-corrected chi connectivity index (χ1v) is 8.72. The summed E-state index contributed by atoms with van der Waals surface area (Å²) in [7, 11) is -3.51. The number of hydrogen-bond donors (Lipinski definition) is 1. The summed E-state index contributed by atoms with van der Waals surface area (Å²) < 4.78 is 29.0. The van der Waals surface area contributed by atoms with E-state index in [1.54, 1.807) is 0 Å². The number of piperidine rings is 1. The van der Waals surface area contributed by atoms with Crippen molar-refractivity contribution in [3.05, 3.63) is 0 Å². The van der Waals surface area contributed by atoms with Crippen molar-refractivity contribution in [1.29, 1.82) is 5.26 Å². The minimum atomic E-state index is -3.51. The maximum atomic E-state index is 12.4. The summed E-state index contributed by atoms with van der Waals surface area (Å²) in [5.74, 6) is 0. The molecule has 1 saturated heterocycles. The Bertz CT molecular complexity index is 427. The zero-order valence-corrected chi connectivity index (χ0v) is 12.2. The summed E-state index contributed by atoms with van der Waals surface area (Å²) in [4.78, 5) is 0. The molecule has 0 aromatic heterocycles. The molecule has 1 aliphatic carbocycles. The van der Waals surface area contributed by atoms with Crippen LogP contribution >= 0.6 is 0 Å². The molecule has 1 aliphatic heterocycles. The number of hydrogen-bond acceptors (Lipinski definition) is 3. The first kappa shape index (κ1) is 14.8. The summed E-state index contributed by atoms with van der Waals surface area (Å²) in [5, 5.41) is 9.43. The second kappa shape index (κ2) is 6.21. The van der Waals surface area contributed by atoms with Crippen molar-refractivity contribution in [3.63, 3.8) is 0 Å². The van der Waals surface area contributed by atoms with Crippen LogP contribution in [0.3, 0.4) is 0 Å². The predicted octanol–water partition coefficient (Wildman–Crippen LogP) is 1.92. The maximum absolute atomic E-state index is 12.4. The van der Waals surface area contributed by atoms with E-state index in [2.05, 4.69) is 10.8 Å². The normalized spacial score (nSPS) is 25.4. The van der Waals surface area contributed by atoms with Gasteiger partial charge in [-0.25, -0.2) is 0 Å². The second-order valence-electron chi connectivity index (χ2n) is 5.67. The fourth-order valence-electron chi connectivity index (χ4n) is 2.99. The van der Waals surface area contributed by atoms with Gasteiger partial charge in [0.25, 0.3) is 10.2 Å². The summed E-state index contributed by atoms with van der Waals surface area (Å²) in [6.07, 6.45) is 8.24. The zero-order chi connectivity index (χ0) is 13.8. The number of nitriles is 1. The molecule has 0 radical (unpaired) electrons. The van der Waals surface area contributed by atoms with Gasteiger partial charge in [-0.1, -0.05) is 32.1 Å². The van der Waals surface area contributed by atoms with E-state index < -0.39 is 15.7 Å². The molecule has 2 fully saturated rings. The van der Waals surface area contributed by atoms with Gasteiger partial charge in [-0.15, -0.1) is 0 Å². The Labute approximate surface area is 116 Å². The molecule has 1 saturated carbocycles. The van der Waals surface area contributed by atoms with Gasteiger partial charge in [-0.05, 0) is 25.7 Å². The summed E-state index contributed by atoms with van der Waals surface area (Å²) in [5.41, 5.74) is -0.882. The maximum Gasteiger partial charge on any atom is 0.280 e. The van der Waals surface area contributed by atoms with Gasteiger partial charge in [0.1, 0.15) is 5.54 Å². The molecule has 2 rings (SSSR count). The van der Waals surface area contributed by atoms with E-state index in [1.165, 1.54) is 4.31 Å². The van der Waals surface area contributed by atoms with Gasteiger partial charge in [0, 0.05) is 13.1 Å². The monoisotopic (exact) mass is 285 g/mol. The van der Waals surface area contributed by atoms with Crippen LogP contribution in [-0.2, 0) is 10.2 Å². The average molecular weight is 285 g/mol. The van der Waals surface area contributed by atoms with E-state index in [4.69, 9.17) is 0 Å². The Hall–Kier alpha value is -0.640. The molecule has 0 bridgehead atoms. The molecule has 0 aromatic rings. The van der Waals surface area contributed by atoms with Crippen LogP contribution in [0.1, 0.15) is 57.8 Å². The summed E-state index contributed by atoms with van der Waals surface area (Å²) in [6, 6.07) is 2.24. The molecule has 0 atom stereocenters. The van der Waals surface area contributed by atoms with Gasteiger partial charge in [0.15, 0.2) is 0 Å². The first-order valence-electron chi connectivity index (χ1n) is 7.28. The average Bonchev–Trinajstić information content (AvgIpc) is 2.65. The highest BCUT2D eigenvalue weighted by atomic mass is 32.2. The highest BCUT2D eigenvalue weighted by molar-refractivity contribution is 7.87. The Morgan fingerprint density at radius 2 is 1.47 bits per heavy atom. The van der Waals surface area contributed by atoms with Crippen molar-refractivity contribution in [1.82, 2.24) is 9.03 Å². The second-order valence-corrected chi connectivity index (χ2v) is 7.35. The zero-order valence-electron chi connectivity index (χ0n) is 11.4. The van der Waals surface area contributed by atoms with Crippen LogP contribution in [0.4, 0.5) is 0 Å². The van der Waals surface area contributed by atoms with E-state index in [1.807, 2.05) is 0 Å². The van der Waals surface area contributed by atoms with Crippen LogP contribution in [-0.4, -0.2) is 31.4 Å². The molecule has 1 heterocycles. The van der Waals surface area contributed by atoms with Crippen molar-refractivity contribution in [3.8, 4) is 6.07 Å². The minimum Gasteiger partial charge on any atom is -0.196 e. The summed E-state index contributed by atoms with van der Waals surface area (Å²) in [6.45, 7) is 1.16. The van der Waals surface area contributed by atoms with E-state index in [0.29, 0.717) is 25.9 Å². The number of nitrogens with zero attached hydrogens (tertiary/aromatic N) is 2. The lowest BCUT2D eigenvalue weighted by Crippen LogP contribution is -2.53. The van der Waals surface area contributed by atoms with Gasteiger partial charge >= 0.3 is 0 Å². The third-order valence-corrected chi connectivity index (χ3v) is 5.84. The highest BCUT2D eigenvalue weighted by Crippen LogP contribution is 2.28. The molecule has 0 unspecified atom stereocenters. The van der Waals surface area contributed by atoms with Crippen molar-refractivity contribution in [2.24, 2.45) is 0 Å². The smallest absolute Gasteiger partial charge is 0.196 e. The molecule has 108 valence electrons. The standard InChI is InChI=1S/C13H23N3O2S/c14-12-13(8-4-1-2-5-9-13)15-19(17,18)16-10-6-3-7-11-16/h15H,1-11H2. The van der Waals surface area contributed by atoms with Crippen LogP contribution in [0, 0.1) is 11.3 Å². The van der Waals surface area contributed by atoms with Gasteiger partial charge in [-0.2, -0.15) is 22.7 Å². The SMILES string of the molecule is N#CC1(NS(=O)(=O)N2CCCCC2)CCCCCC1. The van der Waals surface area contributed by atoms with Crippen LogP contribution in [0.15, 0.2) is 0 Å². The van der Waals surface area contributed by atoms with E-state index >= 15 is 0 Å². The van der Waals surface area contributed by atoms with Crippen molar-refractivity contribution in [2.45, 2.75) is 63.3 Å². The Morgan fingerprint density at radius 1 is 0.947 bits per heavy atom. The fraction of sp³-hybridized carbons (Fsp3) is 0.923. The van der Waals surface area contributed by atoms with Crippen LogP contribution < -0.4 is 4.72 Å². The predicted molar refractivity (Wildman–Crippen MR) is 73.5 cm³/mol. The van der Waals surface area contributed by atoms with Crippen LogP contribution in [0.2, 0.25) is 0 Å². The Morgan fingerprint density at radius 3 is 2.00 bits per heavy atom. The van der Waals surface area contributed by atoms with Gasteiger partial charge < -0.3 is 0 Å².